The van der Waals surface area contributed by atoms with Gasteiger partial charge in [0.25, 0.3) is 0 Å². The Morgan fingerprint density at radius 1 is 1.36 bits per heavy atom. The van der Waals surface area contributed by atoms with Crippen LogP contribution in [-0.4, -0.2) is 11.8 Å². The first-order chi connectivity index (χ1) is 6.86. The summed E-state index contributed by atoms with van der Waals surface area (Å²) in [5.74, 6) is 4.03. The molecule has 1 aromatic heterocycles. The minimum atomic E-state index is 0.286. The molecule has 0 saturated heterocycles. The lowest BCUT2D eigenvalue weighted by Gasteiger charge is -1.93. The van der Waals surface area contributed by atoms with Gasteiger partial charge in [-0.05, 0) is 5.92 Å². The molecule has 0 saturated carbocycles. The molecule has 2 heterocycles. The van der Waals surface area contributed by atoms with Crippen LogP contribution >= 0.6 is 11.3 Å². The maximum Gasteiger partial charge on any atom is 0.231 e. The van der Waals surface area contributed by atoms with Crippen molar-refractivity contribution in [3.63, 3.8) is 0 Å². The summed E-state index contributed by atoms with van der Waals surface area (Å²) in [6.07, 6.45) is 5.27. The first-order valence-corrected chi connectivity index (χ1v) is 4.85. The number of fused-ring (bicyclic) bond motifs is 2. The van der Waals surface area contributed by atoms with E-state index in [9.17, 15) is 0 Å². The van der Waals surface area contributed by atoms with Gasteiger partial charge in [-0.25, -0.2) is 4.98 Å². The third-order valence-electron chi connectivity index (χ3n) is 2.01. The number of aromatic nitrogens is 1. The molecule has 2 aromatic rings. The molecule has 3 nitrogen and oxygen atoms in total. The molecule has 0 radical (unpaired) electrons. The molecular weight excluding hydrogens is 198 g/mol. The van der Waals surface area contributed by atoms with Crippen LogP contribution in [0.4, 0.5) is 0 Å². The van der Waals surface area contributed by atoms with Gasteiger partial charge >= 0.3 is 0 Å². The van der Waals surface area contributed by atoms with Crippen LogP contribution in [0.3, 0.4) is 0 Å². The minimum absolute atomic E-state index is 0.286. The van der Waals surface area contributed by atoms with Gasteiger partial charge < -0.3 is 9.47 Å². The summed E-state index contributed by atoms with van der Waals surface area (Å²) in [6, 6.07) is 3.77. The van der Waals surface area contributed by atoms with E-state index in [0.29, 0.717) is 5.01 Å². The average Bonchev–Trinajstić information content (AvgIpc) is 2.77. The van der Waals surface area contributed by atoms with E-state index < -0.39 is 0 Å². The summed E-state index contributed by atoms with van der Waals surface area (Å²) in [4.78, 5) is 4.26. The summed E-state index contributed by atoms with van der Waals surface area (Å²) < 4.78 is 11.5. The molecule has 0 fully saturated rings. The largest absolute Gasteiger partial charge is 0.454 e. The summed E-state index contributed by atoms with van der Waals surface area (Å²) in [5.41, 5.74) is 0.868. The molecule has 14 heavy (non-hydrogen) atoms. The zero-order valence-electron chi connectivity index (χ0n) is 7.11. The molecule has 0 N–H and O–H groups in total. The zero-order valence-corrected chi connectivity index (χ0v) is 7.93. The van der Waals surface area contributed by atoms with Gasteiger partial charge in [0.1, 0.15) is 0 Å². The van der Waals surface area contributed by atoms with Gasteiger partial charge in [-0.15, -0.1) is 17.8 Å². The van der Waals surface area contributed by atoms with E-state index in [4.69, 9.17) is 15.9 Å². The highest BCUT2D eigenvalue weighted by atomic mass is 32.1. The van der Waals surface area contributed by atoms with Crippen molar-refractivity contribution < 1.29 is 9.47 Å². The monoisotopic (exact) mass is 203 g/mol. The molecule has 4 heteroatoms. The minimum Gasteiger partial charge on any atom is -0.454 e. The quantitative estimate of drug-likeness (QED) is 0.614. The highest BCUT2D eigenvalue weighted by Crippen LogP contribution is 2.37. The molecule has 68 valence electrons. The van der Waals surface area contributed by atoms with Gasteiger partial charge in [-0.2, -0.15) is 0 Å². The van der Waals surface area contributed by atoms with E-state index in [1.807, 2.05) is 12.1 Å². The highest BCUT2D eigenvalue weighted by Gasteiger charge is 2.15. The third-order valence-corrected chi connectivity index (χ3v) is 2.96. The molecule has 0 spiro atoms. The van der Waals surface area contributed by atoms with Gasteiger partial charge in [0.2, 0.25) is 6.79 Å². The van der Waals surface area contributed by atoms with Crippen molar-refractivity contribution in [2.75, 3.05) is 6.79 Å². The number of terminal acetylenes is 1. The lowest BCUT2D eigenvalue weighted by Crippen LogP contribution is -1.92. The van der Waals surface area contributed by atoms with Crippen molar-refractivity contribution in [2.24, 2.45) is 0 Å². The second-order valence-corrected chi connectivity index (χ2v) is 3.87. The number of nitrogens with zero attached hydrogens (tertiary/aromatic N) is 1. The standard InChI is InChI=1S/C10H5NO2S/c1-2-10-11-6-3-7-8(13-5-12-7)4-9(6)14-10/h1,3-4H,5H2. The second-order valence-electron chi connectivity index (χ2n) is 2.84. The molecular formula is C10H5NO2S. The van der Waals surface area contributed by atoms with Crippen LogP contribution in [0.1, 0.15) is 5.01 Å². The number of thiazole rings is 1. The van der Waals surface area contributed by atoms with Crippen LogP contribution in [0.2, 0.25) is 0 Å². The maximum absolute atomic E-state index is 5.27. The van der Waals surface area contributed by atoms with Crippen molar-refractivity contribution in [3.8, 4) is 23.8 Å². The van der Waals surface area contributed by atoms with Gasteiger partial charge in [0.05, 0.1) is 10.2 Å². The number of hydrogen-bond acceptors (Lipinski definition) is 4. The maximum atomic E-state index is 5.27. The first-order valence-electron chi connectivity index (χ1n) is 4.03. The summed E-state index contributed by atoms with van der Waals surface area (Å²) >= 11 is 1.48. The zero-order chi connectivity index (χ0) is 9.54. The Morgan fingerprint density at radius 3 is 2.93 bits per heavy atom. The number of ether oxygens (including phenoxy) is 2. The van der Waals surface area contributed by atoms with Crippen LogP contribution in [0.25, 0.3) is 10.2 Å². The van der Waals surface area contributed by atoms with E-state index in [1.165, 1.54) is 11.3 Å². The van der Waals surface area contributed by atoms with E-state index in [2.05, 4.69) is 10.9 Å². The summed E-state index contributed by atoms with van der Waals surface area (Å²) in [5, 5.41) is 0.684. The van der Waals surface area contributed by atoms with Gasteiger partial charge in [0.15, 0.2) is 16.5 Å². The molecule has 0 atom stereocenters. The fraction of sp³-hybridized carbons (Fsp3) is 0.100. The molecule has 0 aliphatic carbocycles. The molecule has 0 bridgehead atoms. The highest BCUT2D eigenvalue weighted by molar-refractivity contribution is 7.19. The molecule has 0 unspecified atom stereocenters. The summed E-state index contributed by atoms with van der Waals surface area (Å²) in [6.45, 7) is 0.286. The van der Waals surface area contributed by atoms with Crippen LogP contribution < -0.4 is 9.47 Å². The molecule has 1 aliphatic rings. The van der Waals surface area contributed by atoms with E-state index >= 15 is 0 Å². The Morgan fingerprint density at radius 2 is 2.14 bits per heavy atom. The van der Waals surface area contributed by atoms with Crippen LogP contribution in [0.15, 0.2) is 12.1 Å². The SMILES string of the molecule is C#Cc1nc2cc3c(cc2s1)OCO3. The van der Waals surface area contributed by atoms with Crippen molar-refractivity contribution in [1.82, 2.24) is 4.98 Å². The third kappa shape index (κ3) is 0.963. The lowest BCUT2D eigenvalue weighted by atomic mass is 10.3. The van der Waals surface area contributed by atoms with Crippen molar-refractivity contribution in [2.45, 2.75) is 0 Å². The second kappa shape index (κ2) is 2.63. The number of rotatable bonds is 0. The average molecular weight is 203 g/mol. The fourth-order valence-electron chi connectivity index (χ4n) is 1.38. The molecule has 1 aliphatic heterocycles. The smallest absolute Gasteiger partial charge is 0.231 e. The van der Waals surface area contributed by atoms with Crippen molar-refractivity contribution in [3.05, 3.63) is 17.1 Å². The summed E-state index contributed by atoms with van der Waals surface area (Å²) in [7, 11) is 0. The predicted molar refractivity (Wildman–Crippen MR) is 53.7 cm³/mol. The number of hydrogen-bond donors (Lipinski definition) is 0. The Hall–Kier alpha value is -1.73. The normalized spacial score (nSPS) is 13.1. The Balaban J connectivity index is 2.31. The molecule has 3 rings (SSSR count). The van der Waals surface area contributed by atoms with Gasteiger partial charge in [0, 0.05) is 12.1 Å². The fourth-order valence-corrected chi connectivity index (χ4v) is 2.17. The van der Waals surface area contributed by atoms with Gasteiger partial charge in [-0.3, -0.25) is 0 Å². The Kier molecular flexibility index (Phi) is 1.44. The molecule has 1 aromatic carbocycles. The van der Waals surface area contributed by atoms with Gasteiger partial charge in [-0.1, -0.05) is 0 Å². The Bertz CT molecular complexity index is 512. The van der Waals surface area contributed by atoms with E-state index in [0.717, 1.165) is 21.7 Å². The topological polar surface area (TPSA) is 31.4 Å². The molecule has 0 amide bonds. The van der Waals surface area contributed by atoms with E-state index in [1.54, 1.807) is 0 Å². The van der Waals surface area contributed by atoms with Crippen LogP contribution in [0, 0.1) is 12.3 Å². The van der Waals surface area contributed by atoms with Crippen LogP contribution in [-0.2, 0) is 0 Å². The lowest BCUT2D eigenvalue weighted by molar-refractivity contribution is 0.174. The first kappa shape index (κ1) is 7.65. The van der Waals surface area contributed by atoms with Crippen molar-refractivity contribution >= 4 is 21.6 Å². The van der Waals surface area contributed by atoms with Crippen LogP contribution in [0.5, 0.6) is 11.5 Å². The van der Waals surface area contributed by atoms with E-state index in [-0.39, 0.29) is 6.79 Å². The predicted octanol–water partition coefficient (Wildman–Crippen LogP) is 2.01. The van der Waals surface area contributed by atoms with Crippen molar-refractivity contribution in [1.29, 1.82) is 0 Å². The Labute approximate surface area is 84.3 Å². The number of benzene rings is 1.